The third-order valence-corrected chi connectivity index (χ3v) is 3.93. The van der Waals surface area contributed by atoms with Gasteiger partial charge in [-0.2, -0.15) is 0 Å². The quantitative estimate of drug-likeness (QED) is 0.598. The summed E-state index contributed by atoms with van der Waals surface area (Å²) in [7, 11) is 1.32. The van der Waals surface area contributed by atoms with Crippen molar-refractivity contribution in [3.8, 4) is 5.75 Å². The van der Waals surface area contributed by atoms with E-state index in [1.54, 1.807) is 24.3 Å². The molecule has 0 spiro atoms. The first-order chi connectivity index (χ1) is 11.3. The molecule has 1 aromatic heterocycles. The summed E-state index contributed by atoms with van der Waals surface area (Å²) < 4.78 is 12.4. The molecule has 0 N–H and O–H groups in total. The topological polar surface area (TPSA) is 57.5 Å². The molecule has 5 heteroatoms. The summed E-state index contributed by atoms with van der Waals surface area (Å²) >= 11 is 0. The summed E-state index contributed by atoms with van der Waals surface area (Å²) in [6.45, 7) is 8.03. The number of hydrogen-bond acceptors (Lipinski definition) is 4. The van der Waals surface area contributed by atoms with Crippen molar-refractivity contribution in [1.29, 1.82) is 0 Å². The van der Waals surface area contributed by atoms with Crippen molar-refractivity contribution in [3.05, 3.63) is 52.8 Å². The summed E-state index contributed by atoms with van der Waals surface area (Å²) in [4.78, 5) is 24.0. The van der Waals surface area contributed by atoms with Gasteiger partial charge in [-0.25, -0.2) is 4.79 Å². The molecule has 128 valence electrons. The predicted molar refractivity (Wildman–Crippen MR) is 91.9 cm³/mol. The fraction of sp³-hybridized carbons (Fsp3) is 0.368. The lowest BCUT2D eigenvalue weighted by Gasteiger charge is -2.13. The minimum atomic E-state index is -0.438. The molecular formula is C19H23NO4. The zero-order chi connectivity index (χ0) is 17.9. The van der Waals surface area contributed by atoms with Crippen molar-refractivity contribution in [2.45, 2.75) is 33.7 Å². The molecule has 1 aromatic carbocycles. The van der Waals surface area contributed by atoms with E-state index in [0.29, 0.717) is 22.9 Å². The second-order valence-corrected chi connectivity index (χ2v) is 5.98. The van der Waals surface area contributed by atoms with Gasteiger partial charge >= 0.3 is 5.97 Å². The maximum Gasteiger partial charge on any atom is 0.337 e. The molecule has 2 rings (SSSR count). The fourth-order valence-corrected chi connectivity index (χ4v) is 2.91. The standard InChI is InChI=1S/C19H23NO4/c1-12(2)20-13(3)9-17(14(20)4)18(21)11-24-16-8-6-7-15(10-16)19(22)23-5/h6-10,12H,11H2,1-5H3. The third-order valence-electron chi connectivity index (χ3n) is 3.93. The van der Waals surface area contributed by atoms with Gasteiger partial charge in [0.15, 0.2) is 6.61 Å². The number of esters is 1. The van der Waals surface area contributed by atoms with E-state index in [2.05, 4.69) is 23.2 Å². The van der Waals surface area contributed by atoms with E-state index < -0.39 is 5.97 Å². The van der Waals surface area contributed by atoms with E-state index in [1.807, 2.05) is 19.9 Å². The number of benzene rings is 1. The highest BCUT2D eigenvalue weighted by atomic mass is 16.5. The third kappa shape index (κ3) is 3.67. The zero-order valence-electron chi connectivity index (χ0n) is 14.8. The highest BCUT2D eigenvalue weighted by molar-refractivity contribution is 5.98. The maximum atomic E-state index is 12.5. The van der Waals surface area contributed by atoms with Crippen molar-refractivity contribution < 1.29 is 19.1 Å². The highest BCUT2D eigenvalue weighted by Gasteiger charge is 2.17. The molecule has 0 aliphatic rings. The molecule has 1 heterocycles. The van der Waals surface area contributed by atoms with Gasteiger partial charge < -0.3 is 14.0 Å². The molecule has 0 atom stereocenters. The highest BCUT2D eigenvalue weighted by Crippen LogP contribution is 2.21. The van der Waals surface area contributed by atoms with Crippen LogP contribution in [0.15, 0.2) is 30.3 Å². The van der Waals surface area contributed by atoms with Crippen LogP contribution < -0.4 is 4.74 Å². The fourth-order valence-electron chi connectivity index (χ4n) is 2.91. The van der Waals surface area contributed by atoms with Gasteiger partial charge in [0.2, 0.25) is 5.78 Å². The molecule has 0 unspecified atom stereocenters. The molecule has 0 saturated carbocycles. The smallest absolute Gasteiger partial charge is 0.337 e. The van der Waals surface area contributed by atoms with Gasteiger partial charge in [-0.1, -0.05) is 6.07 Å². The van der Waals surface area contributed by atoms with E-state index in [-0.39, 0.29) is 12.4 Å². The Balaban J connectivity index is 2.12. The lowest BCUT2D eigenvalue weighted by Crippen LogP contribution is -2.13. The van der Waals surface area contributed by atoms with Crippen LogP contribution in [0.3, 0.4) is 0 Å². The van der Waals surface area contributed by atoms with Gasteiger partial charge in [-0.05, 0) is 52.0 Å². The zero-order valence-corrected chi connectivity index (χ0v) is 14.8. The minimum absolute atomic E-state index is 0.0764. The first-order valence-electron chi connectivity index (χ1n) is 7.88. The Bertz CT molecular complexity index is 759. The minimum Gasteiger partial charge on any atom is -0.485 e. The number of ketones is 1. The summed E-state index contributed by atoms with van der Waals surface area (Å²) in [6, 6.07) is 8.79. The van der Waals surface area contributed by atoms with Crippen LogP contribution in [0.1, 0.15) is 52.0 Å². The molecule has 0 aliphatic heterocycles. The van der Waals surface area contributed by atoms with Gasteiger partial charge in [-0.3, -0.25) is 4.79 Å². The second-order valence-electron chi connectivity index (χ2n) is 5.98. The molecule has 0 fully saturated rings. The Labute approximate surface area is 142 Å². The molecule has 0 bridgehead atoms. The Morgan fingerprint density at radius 1 is 1.17 bits per heavy atom. The lowest BCUT2D eigenvalue weighted by molar-refractivity contribution is 0.0600. The van der Waals surface area contributed by atoms with Crippen molar-refractivity contribution in [2.24, 2.45) is 0 Å². The van der Waals surface area contributed by atoms with Crippen LogP contribution >= 0.6 is 0 Å². The molecule has 5 nitrogen and oxygen atoms in total. The van der Waals surface area contributed by atoms with Gasteiger partial charge in [0.1, 0.15) is 5.75 Å². The van der Waals surface area contributed by atoms with Gasteiger partial charge in [0.25, 0.3) is 0 Å². The number of rotatable bonds is 6. The van der Waals surface area contributed by atoms with Crippen LogP contribution in [0.5, 0.6) is 5.75 Å². The Morgan fingerprint density at radius 3 is 2.46 bits per heavy atom. The number of carbonyl (C=O) groups is 2. The summed E-state index contributed by atoms with van der Waals surface area (Å²) in [5.74, 6) is -0.0605. The Morgan fingerprint density at radius 2 is 1.88 bits per heavy atom. The van der Waals surface area contributed by atoms with E-state index >= 15 is 0 Å². The maximum absolute atomic E-state index is 12.5. The van der Waals surface area contributed by atoms with Gasteiger partial charge in [-0.15, -0.1) is 0 Å². The van der Waals surface area contributed by atoms with E-state index in [9.17, 15) is 9.59 Å². The van der Waals surface area contributed by atoms with E-state index in [4.69, 9.17) is 4.74 Å². The number of carbonyl (C=O) groups excluding carboxylic acids is 2. The molecule has 0 aliphatic carbocycles. The molecule has 0 saturated heterocycles. The molecule has 0 radical (unpaired) electrons. The number of Topliss-reactive ketones (excluding diaryl/α,β-unsaturated/α-hetero) is 1. The van der Waals surface area contributed by atoms with Crippen LogP contribution in [-0.2, 0) is 4.74 Å². The summed E-state index contributed by atoms with van der Waals surface area (Å²) in [6.07, 6.45) is 0. The number of ether oxygens (including phenoxy) is 2. The number of hydrogen-bond donors (Lipinski definition) is 0. The predicted octanol–water partition coefficient (Wildman–Crippen LogP) is 3.73. The second kappa shape index (κ2) is 7.34. The average Bonchev–Trinajstić information content (AvgIpc) is 2.86. The number of aromatic nitrogens is 1. The Kier molecular flexibility index (Phi) is 5.44. The monoisotopic (exact) mass is 329 g/mol. The first-order valence-corrected chi connectivity index (χ1v) is 7.88. The van der Waals surface area contributed by atoms with Crippen LogP contribution in [0.2, 0.25) is 0 Å². The van der Waals surface area contributed by atoms with Crippen molar-refractivity contribution in [2.75, 3.05) is 13.7 Å². The van der Waals surface area contributed by atoms with Crippen molar-refractivity contribution in [1.82, 2.24) is 4.57 Å². The van der Waals surface area contributed by atoms with Crippen LogP contribution in [0.4, 0.5) is 0 Å². The average molecular weight is 329 g/mol. The normalized spacial score (nSPS) is 10.8. The molecular weight excluding hydrogens is 306 g/mol. The molecule has 0 amide bonds. The van der Waals surface area contributed by atoms with Crippen molar-refractivity contribution in [3.63, 3.8) is 0 Å². The van der Waals surface area contributed by atoms with Gasteiger partial charge in [0.05, 0.1) is 12.7 Å². The van der Waals surface area contributed by atoms with Gasteiger partial charge in [0, 0.05) is 23.0 Å². The van der Waals surface area contributed by atoms with E-state index in [1.165, 1.54) is 7.11 Å². The van der Waals surface area contributed by atoms with Crippen LogP contribution in [0, 0.1) is 13.8 Å². The SMILES string of the molecule is COC(=O)c1cccc(OCC(=O)c2cc(C)n(C(C)C)c2C)c1. The van der Waals surface area contributed by atoms with Crippen LogP contribution in [-0.4, -0.2) is 30.0 Å². The Hall–Kier alpha value is -2.56. The van der Waals surface area contributed by atoms with E-state index in [0.717, 1.165) is 11.4 Å². The summed E-state index contributed by atoms with van der Waals surface area (Å²) in [5, 5.41) is 0. The number of aryl methyl sites for hydroxylation is 1. The lowest BCUT2D eigenvalue weighted by atomic mass is 10.1. The molecule has 24 heavy (non-hydrogen) atoms. The van der Waals surface area contributed by atoms with Crippen LogP contribution in [0.25, 0.3) is 0 Å². The number of methoxy groups -OCH3 is 1. The summed E-state index contributed by atoms with van der Waals surface area (Å²) in [5.41, 5.74) is 3.06. The van der Waals surface area contributed by atoms with Crippen molar-refractivity contribution >= 4 is 11.8 Å². The molecule has 2 aromatic rings. The number of nitrogens with zero attached hydrogens (tertiary/aromatic N) is 1. The first kappa shape index (κ1) is 17.8. The largest absolute Gasteiger partial charge is 0.485 e.